The molecule has 0 aromatic rings. The number of nitrogens with zero attached hydrogens (tertiary/aromatic N) is 2. The largest absolute Gasteiger partial charge is 0.396 e. The van der Waals surface area contributed by atoms with E-state index in [9.17, 15) is 14.9 Å². The van der Waals surface area contributed by atoms with Crippen LogP contribution in [0.4, 0.5) is 0 Å². The Labute approximate surface area is 79.1 Å². The van der Waals surface area contributed by atoms with E-state index in [1.807, 2.05) is 5.43 Å². The van der Waals surface area contributed by atoms with Crippen molar-refractivity contribution < 1.29 is 14.9 Å². The minimum absolute atomic E-state index is 0.0925. The van der Waals surface area contributed by atoms with Crippen LogP contribution >= 0.6 is 0 Å². The van der Waals surface area contributed by atoms with Crippen LogP contribution < -0.4 is 16.6 Å². The number of carbonyl (C=O) groups is 1. The van der Waals surface area contributed by atoms with Gasteiger partial charge in [-0.3, -0.25) is 15.6 Å². The number of hydrazine groups is 1. The SMILES string of the molecule is NC(=N[N+](=O)[O-])NNC(=O)CCCO. The van der Waals surface area contributed by atoms with E-state index >= 15 is 0 Å². The third-order valence-corrected chi connectivity index (χ3v) is 1.08. The van der Waals surface area contributed by atoms with E-state index in [-0.39, 0.29) is 13.0 Å². The lowest BCUT2D eigenvalue weighted by Gasteiger charge is -2.04. The van der Waals surface area contributed by atoms with Gasteiger partial charge in [-0.25, -0.2) is 10.1 Å². The van der Waals surface area contributed by atoms with Crippen LogP contribution in [-0.4, -0.2) is 28.6 Å². The van der Waals surface area contributed by atoms with Crippen LogP contribution in [0.15, 0.2) is 5.10 Å². The van der Waals surface area contributed by atoms with Crippen LogP contribution in [0.3, 0.4) is 0 Å². The number of guanidine groups is 1. The van der Waals surface area contributed by atoms with Crippen LogP contribution in [-0.2, 0) is 4.79 Å². The first-order valence-electron chi connectivity index (χ1n) is 3.70. The summed E-state index contributed by atoms with van der Waals surface area (Å²) in [6.45, 7) is -0.105. The number of hydrogen-bond acceptors (Lipinski definition) is 4. The van der Waals surface area contributed by atoms with Crippen LogP contribution in [0.5, 0.6) is 0 Å². The summed E-state index contributed by atoms with van der Waals surface area (Å²) in [5, 5.41) is 19.8. The van der Waals surface area contributed by atoms with Gasteiger partial charge in [-0.15, -0.1) is 0 Å². The Hall–Kier alpha value is -1.90. The predicted octanol–water partition coefficient (Wildman–Crippen LogP) is -2.11. The van der Waals surface area contributed by atoms with Gasteiger partial charge in [0.05, 0.1) is 0 Å². The second-order valence-electron chi connectivity index (χ2n) is 2.22. The summed E-state index contributed by atoms with van der Waals surface area (Å²) in [5.41, 5.74) is 9.07. The summed E-state index contributed by atoms with van der Waals surface area (Å²) in [5.74, 6) is -0.965. The molecule has 0 saturated heterocycles. The monoisotopic (exact) mass is 205 g/mol. The number of rotatable bonds is 4. The number of nitro groups is 1. The van der Waals surface area contributed by atoms with Gasteiger partial charge in [-0.05, 0) is 6.42 Å². The highest BCUT2D eigenvalue weighted by atomic mass is 16.7. The fourth-order valence-corrected chi connectivity index (χ4v) is 0.549. The molecule has 0 radical (unpaired) electrons. The minimum Gasteiger partial charge on any atom is -0.396 e. The van der Waals surface area contributed by atoms with Crippen LogP contribution in [0.25, 0.3) is 0 Å². The Morgan fingerprint density at radius 1 is 1.57 bits per heavy atom. The second kappa shape index (κ2) is 6.60. The molecule has 9 heteroatoms. The number of hydrogen-bond donors (Lipinski definition) is 4. The summed E-state index contributed by atoms with van der Waals surface area (Å²) in [6, 6.07) is 0. The first-order valence-corrected chi connectivity index (χ1v) is 3.70. The average molecular weight is 205 g/mol. The van der Waals surface area contributed by atoms with Crippen molar-refractivity contribution in [3.8, 4) is 0 Å². The first kappa shape index (κ1) is 12.1. The molecule has 0 heterocycles. The van der Waals surface area contributed by atoms with E-state index in [0.717, 1.165) is 0 Å². The van der Waals surface area contributed by atoms with Crippen molar-refractivity contribution >= 4 is 11.9 Å². The number of aliphatic hydroxyl groups excluding tert-OH is 1. The zero-order valence-electron chi connectivity index (χ0n) is 7.27. The van der Waals surface area contributed by atoms with Crippen LogP contribution in [0.2, 0.25) is 0 Å². The highest BCUT2D eigenvalue weighted by Gasteiger charge is 2.02. The molecule has 0 aliphatic carbocycles. The molecular formula is C5H11N5O4. The van der Waals surface area contributed by atoms with Crippen LogP contribution in [0.1, 0.15) is 12.8 Å². The molecule has 0 bridgehead atoms. The van der Waals surface area contributed by atoms with E-state index in [1.165, 1.54) is 0 Å². The van der Waals surface area contributed by atoms with Gasteiger partial charge in [0.15, 0.2) is 5.03 Å². The molecule has 1 amide bonds. The number of amides is 1. The molecule has 0 rings (SSSR count). The highest BCUT2D eigenvalue weighted by molar-refractivity contribution is 5.82. The molecule has 9 nitrogen and oxygen atoms in total. The molecule has 0 aliphatic heterocycles. The molecule has 0 aromatic carbocycles. The van der Waals surface area contributed by atoms with Gasteiger partial charge < -0.3 is 10.8 Å². The van der Waals surface area contributed by atoms with Crippen molar-refractivity contribution in [1.82, 2.24) is 10.9 Å². The molecule has 0 unspecified atom stereocenters. The van der Waals surface area contributed by atoms with Gasteiger partial charge in [0, 0.05) is 13.0 Å². The van der Waals surface area contributed by atoms with Gasteiger partial charge in [0.2, 0.25) is 5.91 Å². The number of carbonyl (C=O) groups excluding carboxylic acids is 1. The lowest BCUT2D eigenvalue weighted by Crippen LogP contribution is -2.45. The lowest BCUT2D eigenvalue weighted by atomic mass is 10.3. The number of nitrogens with one attached hydrogen (secondary N) is 2. The second-order valence-corrected chi connectivity index (χ2v) is 2.22. The number of hydrazone groups is 1. The molecule has 0 atom stereocenters. The van der Waals surface area contributed by atoms with Gasteiger partial charge in [-0.2, -0.15) is 0 Å². The summed E-state index contributed by atoms with van der Waals surface area (Å²) in [4.78, 5) is 20.6. The molecule has 0 spiro atoms. The number of nitrogens with two attached hydrogens (primary N) is 1. The van der Waals surface area contributed by atoms with Crippen LogP contribution in [0, 0.1) is 10.1 Å². The maximum absolute atomic E-state index is 10.8. The van der Waals surface area contributed by atoms with E-state index < -0.39 is 16.9 Å². The lowest BCUT2D eigenvalue weighted by molar-refractivity contribution is -0.485. The quantitative estimate of drug-likeness (QED) is 0.179. The molecule has 0 fully saturated rings. The maximum Gasteiger partial charge on any atom is 0.284 e. The van der Waals surface area contributed by atoms with E-state index in [4.69, 9.17) is 10.8 Å². The third-order valence-electron chi connectivity index (χ3n) is 1.08. The molecule has 5 N–H and O–H groups in total. The molecule has 0 saturated carbocycles. The average Bonchev–Trinajstić information content (AvgIpc) is 2.10. The topological polar surface area (TPSA) is 143 Å². The summed E-state index contributed by atoms with van der Waals surface area (Å²) < 4.78 is 0. The Balaban J connectivity index is 3.71. The molecule has 0 aliphatic rings. The third kappa shape index (κ3) is 6.79. The summed E-state index contributed by atoms with van der Waals surface area (Å²) in [7, 11) is 0. The fourth-order valence-electron chi connectivity index (χ4n) is 0.549. The highest BCUT2D eigenvalue weighted by Crippen LogP contribution is 1.84. The van der Waals surface area contributed by atoms with Crippen molar-refractivity contribution in [3.63, 3.8) is 0 Å². The van der Waals surface area contributed by atoms with Crippen molar-refractivity contribution in [2.24, 2.45) is 10.8 Å². The zero-order chi connectivity index (χ0) is 11.0. The fraction of sp³-hybridized carbons (Fsp3) is 0.600. The van der Waals surface area contributed by atoms with Gasteiger partial charge >= 0.3 is 0 Å². The minimum atomic E-state index is -0.998. The summed E-state index contributed by atoms with van der Waals surface area (Å²) >= 11 is 0. The Bertz CT molecular complexity index is 240. The zero-order valence-corrected chi connectivity index (χ0v) is 7.27. The number of aliphatic hydroxyl groups is 1. The maximum atomic E-state index is 10.8. The molecular weight excluding hydrogens is 194 g/mol. The van der Waals surface area contributed by atoms with Crippen molar-refractivity contribution in [3.05, 3.63) is 10.1 Å². The standard InChI is InChI=1S/C5H11N5O4/c6-5(9-10(13)14)8-7-4(12)2-1-3-11/h11H,1-3H2,(H,7,12)(H3,6,8,9). The predicted molar refractivity (Wildman–Crippen MR) is 46.2 cm³/mol. The van der Waals surface area contributed by atoms with Gasteiger partial charge in [0.1, 0.15) is 5.10 Å². The van der Waals surface area contributed by atoms with Gasteiger partial charge in [-0.1, -0.05) is 0 Å². The van der Waals surface area contributed by atoms with Crippen molar-refractivity contribution in [1.29, 1.82) is 0 Å². The van der Waals surface area contributed by atoms with Crippen molar-refractivity contribution in [2.45, 2.75) is 12.8 Å². The smallest absolute Gasteiger partial charge is 0.284 e. The van der Waals surface area contributed by atoms with E-state index in [1.54, 1.807) is 0 Å². The molecule has 14 heavy (non-hydrogen) atoms. The Morgan fingerprint density at radius 3 is 2.71 bits per heavy atom. The molecule has 0 aromatic heterocycles. The Kier molecular flexibility index (Phi) is 5.70. The Morgan fingerprint density at radius 2 is 2.21 bits per heavy atom. The first-order chi connectivity index (χ1) is 6.56. The van der Waals surface area contributed by atoms with E-state index in [2.05, 4.69) is 10.5 Å². The summed E-state index contributed by atoms with van der Waals surface area (Å²) in [6.07, 6.45) is 0.398. The van der Waals surface area contributed by atoms with Gasteiger partial charge in [0.25, 0.3) is 5.96 Å². The molecule has 80 valence electrons. The van der Waals surface area contributed by atoms with Crippen molar-refractivity contribution in [2.75, 3.05) is 6.61 Å². The normalized spacial score (nSPS) is 10.8. The van der Waals surface area contributed by atoms with E-state index in [0.29, 0.717) is 6.42 Å².